The molecule has 5 nitrogen and oxygen atoms in total. The van der Waals surface area contributed by atoms with Crippen LogP contribution in [0, 0.1) is 25.5 Å². The van der Waals surface area contributed by atoms with Crippen LogP contribution in [0.2, 0.25) is 0 Å². The fraction of sp³-hybridized carbons (Fsp3) is 0.238. The van der Waals surface area contributed by atoms with E-state index in [2.05, 4.69) is 10.5 Å². The maximum absolute atomic E-state index is 13.4. The van der Waals surface area contributed by atoms with E-state index in [4.69, 9.17) is 9.26 Å². The Morgan fingerprint density at radius 3 is 2.64 bits per heavy atom. The monoisotopic (exact) mass is 386 g/mol. The summed E-state index contributed by atoms with van der Waals surface area (Å²) in [6.45, 7) is 5.61. The molecule has 0 radical (unpaired) electrons. The number of benzene rings is 2. The molecule has 0 aliphatic carbocycles. The Kier molecular flexibility index (Phi) is 5.73. The van der Waals surface area contributed by atoms with E-state index in [-0.39, 0.29) is 12.5 Å². The van der Waals surface area contributed by atoms with Crippen LogP contribution in [0.25, 0.3) is 0 Å². The van der Waals surface area contributed by atoms with Crippen molar-refractivity contribution >= 4 is 5.91 Å². The van der Waals surface area contributed by atoms with Crippen LogP contribution >= 0.6 is 0 Å². The zero-order valence-electron chi connectivity index (χ0n) is 15.8. The van der Waals surface area contributed by atoms with E-state index in [1.807, 2.05) is 13.8 Å². The Morgan fingerprint density at radius 1 is 1.18 bits per heavy atom. The van der Waals surface area contributed by atoms with Gasteiger partial charge in [0.05, 0.1) is 17.3 Å². The number of nitrogens with one attached hydrogen (secondary N) is 1. The molecule has 0 saturated carbocycles. The smallest absolute Gasteiger partial charge is 0.251 e. The van der Waals surface area contributed by atoms with Crippen molar-refractivity contribution in [3.05, 3.63) is 82.2 Å². The quantitative estimate of drug-likeness (QED) is 0.670. The highest BCUT2D eigenvalue weighted by molar-refractivity contribution is 5.94. The lowest BCUT2D eigenvalue weighted by molar-refractivity contribution is 0.0939. The SMILES string of the molecule is Cc1noc(C)c1COc1cccc(C(=O)NC(C)c2ccc(F)c(F)c2)c1. The third-order valence-electron chi connectivity index (χ3n) is 4.45. The highest BCUT2D eigenvalue weighted by atomic mass is 19.2. The molecule has 1 unspecified atom stereocenters. The molecule has 3 aromatic rings. The second kappa shape index (κ2) is 8.21. The number of aromatic nitrogens is 1. The molecule has 0 spiro atoms. The normalized spacial score (nSPS) is 11.9. The highest BCUT2D eigenvalue weighted by Crippen LogP contribution is 2.20. The Balaban J connectivity index is 1.67. The number of halogens is 2. The number of hydrogen-bond donors (Lipinski definition) is 1. The lowest BCUT2D eigenvalue weighted by Gasteiger charge is -2.15. The van der Waals surface area contributed by atoms with Crippen molar-refractivity contribution in [3.63, 3.8) is 0 Å². The van der Waals surface area contributed by atoms with E-state index in [9.17, 15) is 13.6 Å². The molecule has 146 valence electrons. The second-order valence-corrected chi connectivity index (χ2v) is 6.49. The number of aryl methyl sites for hydroxylation is 2. The summed E-state index contributed by atoms with van der Waals surface area (Å²) in [5.74, 6) is -1.02. The zero-order valence-corrected chi connectivity index (χ0v) is 15.8. The van der Waals surface area contributed by atoms with E-state index in [1.54, 1.807) is 31.2 Å². The van der Waals surface area contributed by atoms with Crippen molar-refractivity contribution < 1.29 is 22.8 Å². The van der Waals surface area contributed by atoms with Gasteiger partial charge in [0, 0.05) is 5.56 Å². The molecule has 1 atom stereocenters. The topological polar surface area (TPSA) is 64.4 Å². The number of nitrogens with zero attached hydrogens (tertiary/aromatic N) is 1. The van der Waals surface area contributed by atoms with Crippen LogP contribution < -0.4 is 10.1 Å². The average Bonchev–Trinajstić information content (AvgIpc) is 3.00. The zero-order chi connectivity index (χ0) is 20.3. The van der Waals surface area contributed by atoms with Crippen molar-refractivity contribution in [1.29, 1.82) is 0 Å². The average molecular weight is 386 g/mol. The Labute approximate surface area is 161 Å². The summed E-state index contributed by atoms with van der Waals surface area (Å²) in [6, 6.07) is 9.77. The van der Waals surface area contributed by atoms with E-state index < -0.39 is 17.7 Å². The van der Waals surface area contributed by atoms with Crippen LogP contribution in [0.15, 0.2) is 47.0 Å². The minimum atomic E-state index is -0.951. The number of ether oxygens (including phenoxy) is 1. The first kappa shape index (κ1) is 19.5. The van der Waals surface area contributed by atoms with Gasteiger partial charge in [0.2, 0.25) is 0 Å². The van der Waals surface area contributed by atoms with Gasteiger partial charge in [-0.05, 0) is 56.7 Å². The first-order valence-corrected chi connectivity index (χ1v) is 8.75. The van der Waals surface area contributed by atoms with Gasteiger partial charge in [0.15, 0.2) is 11.6 Å². The second-order valence-electron chi connectivity index (χ2n) is 6.49. The first-order chi connectivity index (χ1) is 13.3. The van der Waals surface area contributed by atoms with Gasteiger partial charge in [-0.25, -0.2) is 8.78 Å². The fourth-order valence-electron chi connectivity index (χ4n) is 2.74. The van der Waals surface area contributed by atoms with Gasteiger partial charge in [0.25, 0.3) is 5.91 Å². The van der Waals surface area contributed by atoms with E-state index in [0.29, 0.717) is 22.6 Å². The van der Waals surface area contributed by atoms with Crippen LogP contribution in [0.1, 0.15) is 45.9 Å². The number of hydrogen-bond acceptors (Lipinski definition) is 4. The molecule has 3 rings (SSSR count). The molecule has 1 aromatic heterocycles. The highest BCUT2D eigenvalue weighted by Gasteiger charge is 2.15. The third-order valence-corrected chi connectivity index (χ3v) is 4.45. The number of carbonyl (C=O) groups is 1. The summed E-state index contributed by atoms with van der Waals surface area (Å²) in [4.78, 5) is 12.5. The molecule has 7 heteroatoms. The van der Waals surface area contributed by atoms with Crippen molar-refractivity contribution in [1.82, 2.24) is 10.5 Å². The van der Waals surface area contributed by atoms with Gasteiger partial charge >= 0.3 is 0 Å². The molecule has 1 amide bonds. The maximum Gasteiger partial charge on any atom is 0.251 e. The number of amides is 1. The predicted octanol–water partition coefficient (Wildman–Crippen LogP) is 4.64. The molecule has 1 heterocycles. The summed E-state index contributed by atoms with van der Waals surface area (Å²) in [5.41, 5.74) is 2.48. The van der Waals surface area contributed by atoms with E-state index in [1.165, 1.54) is 6.07 Å². The Morgan fingerprint density at radius 2 is 1.96 bits per heavy atom. The summed E-state index contributed by atoms with van der Waals surface area (Å²) in [6.07, 6.45) is 0. The molecule has 0 bridgehead atoms. The molecular formula is C21H20F2N2O3. The largest absolute Gasteiger partial charge is 0.489 e. The summed E-state index contributed by atoms with van der Waals surface area (Å²) in [7, 11) is 0. The lowest BCUT2D eigenvalue weighted by atomic mass is 10.1. The van der Waals surface area contributed by atoms with E-state index in [0.717, 1.165) is 23.4 Å². The molecule has 0 aliphatic rings. The van der Waals surface area contributed by atoms with Gasteiger partial charge in [-0.1, -0.05) is 17.3 Å². The van der Waals surface area contributed by atoms with Crippen LogP contribution in [0.5, 0.6) is 5.75 Å². The lowest BCUT2D eigenvalue weighted by Crippen LogP contribution is -2.26. The first-order valence-electron chi connectivity index (χ1n) is 8.75. The molecule has 1 N–H and O–H groups in total. The standard InChI is InChI=1S/C21H20F2N2O3/c1-12(15-7-8-19(22)20(23)10-15)24-21(26)16-5-4-6-17(9-16)27-11-18-13(2)25-28-14(18)3/h4-10,12H,11H2,1-3H3,(H,24,26). The van der Waals surface area contributed by atoms with E-state index >= 15 is 0 Å². The molecule has 0 saturated heterocycles. The third kappa shape index (κ3) is 4.36. The van der Waals surface area contributed by atoms with Gasteiger partial charge < -0.3 is 14.6 Å². The van der Waals surface area contributed by atoms with Crippen molar-refractivity contribution in [2.24, 2.45) is 0 Å². The van der Waals surface area contributed by atoms with Crippen molar-refractivity contribution in [2.75, 3.05) is 0 Å². The molecule has 28 heavy (non-hydrogen) atoms. The molecule has 0 aliphatic heterocycles. The minimum Gasteiger partial charge on any atom is -0.489 e. The number of carbonyl (C=O) groups excluding carboxylic acids is 1. The Hall–Kier alpha value is -3.22. The van der Waals surface area contributed by atoms with Crippen molar-refractivity contribution in [3.8, 4) is 5.75 Å². The molecular weight excluding hydrogens is 366 g/mol. The summed E-state index contributed by atoms with van der Waals surface area (Å²) in [5, 5.41) is 6.64. The molecule has 2 aromatic carbocycles. The maximum atomic E-state index is 13.4. The number of rotatable bonds is 6. The summed E-state index contributed by atoms with van der Waals surface area (Å²) < 4.78 is 37.3. The van der Waals surface area contributed by atoms with Gasteiger partial charge in [-0.3, -0.25) is 4.79 Å². The van der Waals surface area contributed by atoms with Crippen LogP contribution in [-0.4, -0.2) is 11.1 Å². The van der Waals surface area contributed by atoms with Gasteiger partial charge in [0.1, 0.15) is 18.1 Å². The minimum absolute atomic E-state index is 0.275. The van der Waals surface area contributed by atoms with Crippen LogP contribution in [0.3, 0.4) is 0 Å². The Bertz CT molecular complexity index is 982. The van der Waals surface area contributed by atoms with Crippen molar-refractivity contribution in [2.45, 2.75) is 33.4 Å². The fourth-order valence-corrected chi connectivity index (χ4v) is 2.74. The summed E-state index contributed by atoms with van der Waals surface area (Å²) >= 11 is 0. The van der Waals surface area contributed by atoms with Crippen LogP contribution in [0.4, 0.5) is 8.78 Å². The predicted molar refractivity (Wildman–Crippen MR) is 99.0 cm³/mol. The van der Waals surface area contributed by atoms with Gasteiger partial charge in [-0.2, -0.15) is 0 Å². The molecule has 0 fully saturated rings. The van der Waals surface area contributed by atoms with Crippen LogP contribution in [-0.2, 0) is 6.61 Å². The van der Waals surface area contributed by atoms with Gasteiger partial charge in [-0.15, -0.1) is 0 Å².